The molecule has 0 bridgehead atoms. The lowest BCUT2D eigenvalue weighted by molar-refractivity contribution is 0.0607. The van der Waals surface area contributed by atoms with Gasteiger partial charge in [0.05, 0.1) is 26.2 Å². The highest BCUT2D eigenvalue weighted by Crippen LogP contribution is 2.04. The molecule has 0 rings (SSSR count). The predicted octanol–water partition coefficient (Wildman–Crippen LogP) is 1.55. The Kier molecular flexibility index (Phi) is 7.53. The second-order valence-corrected chi connectivity index (χ2v) is 3.07. The van der Waals surface area contributed by atoms with Gasteiger partial charge in [-0.15, -0.1) is 11.6 Å². The topological polar surface area (TPSA) is 71.1 Å². The molecule has 0 aliphatic rings. The van der Waals surface area contributed by atoms with Crippen LogP contribution in [0.4, 0.5) is 9.59 Å². The van der Waals surface area contributed by atoms with Crippen LogP contribution in [0.3, 0.4) is 0 Å². The van der Waals surface area contributed by atoms with Crippen LogP contribution in [-0.4, -0.2) is 45.1 Å². The minimum absolute atomic E-state index is 0.00123. The standard InChI is InChI=1S/C8H13ClO6/c1-12-7(10)14-4-3-6(9)5-15-8(11)13-2/h6H,3-5H2,1-2H3. The SMILES string of the molecule is COC(=O)OCCC(Cl)COC(=O)OC. The second kappa shape index (κ2) is 8.16. The molecule has 0 saturated carbocycles. The monoisotopic (exact) mass is 240 g/mol. The van der Waals surface area contributed by atoms with E-state index < -0.39 is 17.7 Å². The van der Waals surface area contributed by atoms with Gasteiger partial charge in [0.2, 0.25) is 0 Å². The molecule has 0 saturated heterocycles. The van der Waals surface area contributed by atoms with Gasteiger partial charge in [-0.1, -0.05) is 0 Å². The Morgan fingerprint density at radius 1 is 1.13 bits per heavy atom. The molecule has 0 radical (unpaired) electrons. The summed E-state index contributed by atoms with van der Waals surface area (Å²) in [5, 5.41) is -0.436. The van der Waals surface area contributed by atoms with Crippen molar-refractivity contribution in [2.24, 2.45) is 0 Å². The molecule has 0 aromatic rings. The summed E-state index contributed by atoms with van der Waals surface area (Å²) in [6.07, 6.45) is -1.21. The van der Waals surface area contributed by atoms with E-state index in [9.17, 15) is 9.59 Å². The summed E-state index contributed by atoms with van der Waals surface area (Å²) in [5.41, 5.74) is 0. The van der Waals surface area contributed by atoms with Gasteiger partial charge < -0.3 is 18.9 Å². The van der Waals surface area contributed by atoms with E-state index in [0.29, 0.717) is 6.42 Å². The van der Waals surface area contributed by atoms with Crippen LogP contribution in [0.1, 0.15) is 6.42 Å². The van der Waals surface area contributed by atoms with Crippen molar-refractivity contribution in [2.75, 3.05) is 27.4 Å². The number of hydrogen-bond donors (Lipinski definition) is 0. The summed E-state index contributed by atoms with van der Waals surface area (Å²) in [4.78, 5) is 21.0. The van der Waals surface area contributed by atoms with Gasteiger partial charge in [-0.3, -0.25) is 0 Å². The smallest absolute Gasteiger partial charge is 0.438 e. The van der Waals surface area contributed by atoms with Crippen LogP contribution in [0.5, 0.6) is 0 Å². The third-order valence-electron chi connectivity index (χ3n) is 1.37. The van der Waals surface area contributed by atoms with Gasteiger partial charge in [0.15, 0.2) is 0 Å². The number of methoxy groups -OCH3 is 2. The summed E-state index contributed by atoms with van der Waals surface area (Å²) in [5.74, 6) is 0. The van der Waals surface area contributed by atoms with E-state index >= 15 is 0 Å². The number of carbonyl (C=O) groups is 2. The maximum atomic E-state index is 10.5. The summed E-state index contributed by atoms with van der Waals surface area (Å²) in [7, 11) is 2.41. The average Bonchev–Trinajstić information content (AvgIpc) is 2.25. The van der Waals surface area contributed by atoms with Crippen molar-refractivity contribution in [3.63, 3.8) is 0 Å². The van der Waals surface area contributed by atoms with Crippen LogP contribution < -0.4 is 0 Å². The van der Waals surface area contributed by atoms with E-state index in [1.807, 2.05) is 0 Å². The normalized spacial score (nSPS) is 11.4. The Bertz CT molecular complexity index is 207. The summed E-state index contributed by atoms with van der Waals surface area (Å²) < 4.78 is 17.6. The van der Waals surface area contributed by atoms with E-state index in [0.717, 1.165) is 0 Å². The van der Waals surface area contributed by atoms with Crippen LogP contribution in [0.25, 0.3) is 0 Å². The third kappa shape index (κ3) is 7.87. The summed E-state index contributed by atoms with van der Waals surface area (Å²) in [6.45, 7) is 0.101. The van der Waals surface area contributed by atoms with Gasteiger partial charge in [-0.2, -0.15) is 0 Å². The molecular weight excluding hydrogens is 228 g/mol. The van der Waals surface area contributed by atoms with Gasteiger partial charge in [-0.05, 0) is 0 Å². The number of halogens is 1. The first-order valence-corrected chi connectivity index (χ1v) is 4.59. The highest BCUT2D eigenvalue weighted by Gasteiger charge is 2.10. The van der Waals surface area contributed by atoms with E-state index in [-0.39, 0.29) is 13.2 Å². The van der Waals surface area contributed by atoms with Crippen molar-refractivity contribution < 1.29 is 28.5 Å². The summed E-state index contributed by atoms with van der Waals surface area (Å²) in [6, 6.07) is 0. The van der Waals surface area contributed by atoms with Gasteiger partial charge in [0.25, 0.3) is 0 Å². The fourth-order valence-corrected chi connectivity index (χ4v) is 0.782. The quantitative estimate of drug-likeness (QED) is 0.536. The Morgan fingerprint density at radius 3 is 2.20 bits per heavy atom. The van der Waals surface area contributed by atoms with E-state index in [1.54, 1.807) is 0 Å². The van der Waals surface area contributed by atoms with Crippen molar-refractivity contribution >= 4 is 23.9 Å². The first-order valence-electron chi connectivity index (χ1n) is 4.15. The maximum Gasteiger partial charge on any atom is 0.508 e. The molecule has 1 atom stereocenters. The molecule has 1 unspecified atom stereocenters. The van der Waals surface area contributed by atoms with Crippen LogP contribution in [0.2, 0.25) is 0 Å². The highest BCUT2D eigenvalue weighted by molar-refractivity contribution is 6.20. The molecule has 7 heteroatoms. The van der Waals surface area contributed by atoms with E-state index in [4.69, 9.17) is 11.6 Å². The Hall–Kier alpha value is -1.17. The zero-order valence-corrected chi connectivity index (χ0v) is 9.28. The first-order chi connectivity index (χ1) is 7.10. The van der Waals surface area contributed by atoms with Crippen LogP contribution in [-0.2, 0) is 18.9 Å². The molecular formula is C8H13ClO6. The minimum Gasteiger partial charge on any atom is -0.438 e. The lowest BCUT2D eigenvalue weighted by Gasteiger charge is -2.09. The fourth-order valence-electron chi connectivity index (χ4n) is 0.630. The average molecular weight is 241 g/mol. The van der Waals surface area contributed by atoms with Crippen LogP contribution >= 0.6 is 11.6 Å². The Balaban J connectivity index is 3.45. The zero-order valence-electron chi connectivity index (χ0n) is 8.53. The Morgan fingerprint density at radius 2 is 1.67 bits per heavy atom. The molecule has 0 N–H and O–H groups in total. The van der Waals surface area contributed by atoms with E-state index in [1.165, 1.54) is 14.2 Å². The number of hydrogen-bond acceptors (Lipinski definition) is 6. The first kappa shape index (κ1) is 13.8. The molecule has 88 valence electrons. The lowest BCUT2D eigenvalue weighted by atomic mass is 10.3. The summed E-state index contributed by atoms with van der Waals surface area (Å²) >= 11 is 5.74. The van der Waals surface area contributed by atoms with Gasteiger partial charge in [0, 0.05) is 6.42 Å². The molecule has 6 nitrogen and oxygen atoms in total. The van der Waals surface area contributed by atoms with E-state index in [2.05, 4.69) is 18.9 Å². The van der Waals surface area contributed by atoms with Crippen LogP contribution in [0.15, 0.2) is 0 Å². The maximum absolute atomic E-state index is 10.5. The predicted molar refractivity (Wildman–Crippen MR) is 51.0 cm³/mol. The van der Waals surface area contributed by atoms with Crippen molar-refractivity contribution in [1.29, 1.82) is 0 Å². The molecule has 0 aliphatic carbocycles. The van der Waals surface area contributed by atoms with Crippen molar-refractivity contribution in [1.82, 2.24) is 0 Å². The molecule has 0 amide bonds. The molecule has 0 aromatic carbocycles. The van der Waals surface area contributed by atoms with Gasteiger partial charge in [-0.25, -0.2) is 9.59 Å². The van der Waals surface area contributed by atoms with Gasteiger partial charge in [0.1, 0.15) is 6.61 Å². The van der Waals surface area contributed by atoms with Crippen LogP contribution in [0, 0.1) is 0 Å². The fraction of sp³-hybridized carbons (Fsp3) is 0.750. The molecule has 0 heterocycles. The van der Waals surface area contributed by atoms with Crippen molar-refractivity contribution in [3.8, 4) is 0 Å². The Labute approximate surface area is 92.4 Å². The molecule has 15 heavy (non-hydrogen) atoms. The molecule has 0 aliphatic heterocycles. The molecule has 0 fully saturated rings. The number of rotatable bonds is 5. The molecule has 0 spiro atoms. The van der Waals surface area contributed by atoms with Gasteiger partial charge >= 0.3 is 12.3 Å². The number of alkyl halides is 1. The number of ether oxygens (including phenoxy) is 4. The van der Waals surface area contributed by atoms with Crippen molar-refractivity contribution in [3.05, 3.63) is 0 Å². The number of carbonyl (C=O) groups excluding carboxylic acids is 2. The third-order valence-corrected chi connectivity index (χ3v) is 1.71. The highest BCUT2D eigenvalue weighted by atomic mass is 35.5. The largest absolute Gasteiger partial charge is 0.508 e. The molecule has 0 aromatic heterocycles. The zero-order chi connectivity index (χ0) is 11.7. The second-order valence-electron chi connectivity index (χ2n) is 2.45. The minimum atomic E-state index is -0.797. The van der Waals surface area contributed by atoms with Crippen molar-refractivity contribution in [2.45, 2.75) is 11.8 Å². The lowest BCUT2D eigenvalue weighted by Crippen LogP contribution is -2.17.